The summed E-state index contributed by atoms with van der Waals surface area (Å²) in [6.07, 6.45) is 0.673. The number of nitrogens with zero attached hydrogens (tertiary/aromatic N) is 1. The number of hydrogen-bond acceptors (Lipinski definition) is 4. The van der Waals surface area contributed by atoms with Crippen molar-refractivity contribution in [3.05, 3.63) is 51.7 Å². The van der Waals surface area contributed by atoms with Crippen LogP contribution in [0.1, 0.15) is 16.0 Å². The van der Waals surface area contributed by atoms with E-state index in [9.17, 15) is 8.42 Å². The van der Waals surface area contributed by atoms with Crippen LogP contribution < -0.4 is 4.72 Å². The molecule has 0 aliphatic rings. The lowest BCUT2D eigenvalue weighted by Gasteiger charge is -2.07. The first-order valence-electron chi connectivity index (χ1n) is 6.06. The second-order valence-electron chi connectivity index (χ2n) is 4.32. The highest BCUT2D eigenvalue weighted by Crippen LogP contribution is 2.15. The Hall–Kier alpha value is -1.68. The lowest BCUT2D eigenvalue weighted by molar-refractivity contribution is 0.581. The molecule has 0 unspecified atom stereocenters. The minimum Gasteiger partial charge on any atom is -0.211 e. The molecule has 1 aromatic carbocycles. The molecule has 0 saturated heterocycles. The number of benzene rings is 1. The van der Waals surface area contributed by atoms with Gasteiger partial charge in [0.1, 0.15) is 0 Å². The molecule has 0 spiro atoms. The second kappa shape index (κ2) is 6.18. The standard InChI is InChI=1S/C14H14N2O2S2/c1-11-9-14(5-4-12(11)10-15)20(17,18)16-7-6-13-3-2-8-19-13/h2-5,8-9,16H,6-7H2,1H3. The van der Waals surface area contributed by atoms with Crippen molar-refractivity contribution in [2.45, 2.75) is 18.2 Å². The van der Waals surface area contributed by atoms with E-state index >= 15 is 0 Å². The summed E-state index contributed by atoms with van der Waals surface area (Å²) >= 11 is 1.61. The molecule has 0 aliphatic heterocycles. The second-order valence-corrected chi connectivity index (χ2v) is 7.11. The van der Waals surface area contributed by atoms with Gasteiger partial charge in [0.25, 0.3) is 0 Å². The summed E-state index contributed by atoms with van der Waals surface area (Å²) in [5.41, 5.74) is 1.15. The molecular weight excluding hydrogens is 292 g/mol. The van der Waals surface area contributed by atoms with Gasteiger partial charge in [0.2, 0.25) is 10.0 Å². The summed E-state index contributed by atoms with van der Waals surface area (Å²) in [5, 5.41) is 10.8. The van der Waals surface area contributed by atoms with Crippen LogP contribution >= 0.6 is 11.3 Å². The van der Waals surface area contributed by atoms with Gasteiger partial charge in [-0.3, -0.25) is 0 Å². The van der Waals surface area contributed by atoms with E-state index in [1.807, 2.05) is 23.6 Å². The molecule has 0 bridgehead atoms. The molecule has 4 nitrogen and oxygen atoms in total. The van der Waals surface area contributed by atoms with E-state index in [2.05, 4.69) is 4.72 Å². The van der Waals surface area contributed by atoms with Gasteiger partial charge in [-0.15, -0.1) is 11.3 Å². The molecular formula is C14H14N2O2S2. The van der Waals surface area contributed by atoms with Gasteiger partial charge >= 0.3 is 0 Å². The average Bonchev–Trinajstić information content (AvgIpc) is 2.91. The maximum atomic E-state index is 12.1. The Balaban J connectivity index is 2.06. The number of aryl methyl sites for hydroxylation is 1. The molecule has 1 N–H and O–H groups in total. The molecule has 2 aromatic rings. The van der Waals surface area contributed by atoms with Crippen LogP contribution in [0.4, 0.5) is 0 Å². The molecule has 0 fully saturated rings. The predicted octanol–water partition coefficient (Wildman–Crippen LogP) is 2.45. The fourth-order valence-electron chi connectivity index (χ4n) is 1.78. The van der Waals surface area contributed by atoms with Gasteiger partial charge in [-0.05, 0) is 48.6 Å². The van der Waals surface area contributed by atoms with E-state index < -0.39 is 10.0 Å². The zero-order chi connectivity index (χ0) is 14.6. The number of sulfonamides is 1. The normalized spacial score (nSPS) is 11.2. The summed E-state index contributed by atoms with van der Waals surface area (Å²) in [4.78, 5) is 1.34. The van der Waals surface area contributed by atoms with E-state index in [0.717, 1.165) is 4.88 Å². The van der Waals surface area contributed by atoms with Gasteiger partial charge in [0.15, 0.2) is 0 Å². The zero-order valence-electron chi connectivity index (χ0n) is 11.0. The Labute approximate surface area is 122 Å². The van der Waals surface area contributed by atoms with Crippen molar-refractivity contribution >= 4 is 21.4 Å². The molecule has 0 aliphatic carbocycles. The number of nitrogens with one attached hydrogen (secondary N) is 1. The Morgan fingerprint density at radius 2 is 2.15 bits per heavy atom. The van der Waals surface area contributed by atoms with Crippen LogP contribution in [0.3, 0.4) is 0 Å². The highest BCUT2D eigenvalue weighted by atomic mass is 32.2. The van der Waals surface area contributed by atoms with E-state index in [1.165, 1.54) is 18.2 Å². The van der Waals surface area contributed by atoms with Crippen LogP contribution in [-0.4, -0.2) is 15.0 Å². The fraction of sp³-hybridized carbons (Fsp3) is 0.214. The molecule has 2 rings (SSSR count). The van der Waals surface area contributed by atoms with Crippen molar-refractivity contribution in [3.63, 3.8) is 0 Å². The summed E-state index contributed by atoms with van der Waals surface area (Å²) in [6.45, 7) is 2.09. The molecule has 20 heavy (non-hydrogen) atoms. The third-order valence-electron chi connectivity index (χ3n) is 2.87. The number of thiophene rings is 1. The third kappa shape index (κ3) is 3.45. The summed E-state index contributed by atoms with van der Waals surface area (Å²) in [5.74, 6) is 0. The molecule has 6 heteroatoms. The maximum absolute atomic E-state index is 12.1. The monoisotopic (exact) mass is 306 g/mol. The van der Waals surface area contributed by atoms with E-state index in [0.29, 0.717) is 24.1 Å². The van der Waals surface area contributed by atoms with Crippen LogP contribution in [-0.2, 0) is 16.4 Å². The first kappa shape index (κ1) is 14.7. The molecule has 0 atom stereocenters. The van der Waals surface area contributed by atoms with Crippen LogP contribution in [0.15, 0.2) is 40.6 Å². The van der Waals surface area contributed by atoms with E-state index in [4.69, 9.17) is 5.26 Å². The van der Waals surface area contributed by atoms with Crippen LogP contribution in [0.5, 0.6) is 0 Å². The topological polar surface area (TPSA) is 70.0 Å². The summed E-state index contributed by atoms with van der Waals surface area (Å²) in [7, 11) is -3.52. The van der Waals surface area contributed by atoms with Crippen molar-refractivity contribution in [3.8, 4) is 6.07 Å². The quantitative estimate of drug-likeness (QED) is 0.922. The Morgan fingerprint density at radius 3 is 2.75 bits per heavy atom. The lowest BCUT2D eigenvalue weighted by Crippen LogP contribution is -2.25. The van der Waals surface area contributed by atoms with Crippen LogP contribution in [0.2, 0.25) is 0 Å². The van der Waals surface area contributed by atoms with Crippen molar-refractivity contribution in [2.75, 3.05) is 6.54 Å². The molecule has 0 radical (unpaired) electrons. The van der Waals surface area contributed by atoms with Crippen molar-refractivity contribution in [1.82, 2.24) is 4.72 Å². The highest BCUT2D eigenvalue weighted by molar-refractivity contribution is 7.89. The van der Waals surface area contributed by atoms with Crippen LogP contribution in [0.25, 0.3) is 0 Å². The van der Waals surface area contributed by atoms with Gasteiger partial charge in [0.05, 0.1) is 16.5 Å². The molecule has 1 heterocycles. The Kier molecular flexibility index (Phi) is 4.55. The molecule has 0 saturated carbocycles. The first-order valence-corrected chi connectivity index (χ1v) is 8.42. The van der Waals surface area contributed by atoms with Gasteiger partial charge in [-0.1, -0.05) is 6.07 Å². The van der Waals surface area contributed by atoms with Gasteiger partial charge in [-0.25, -0.2) is 13.1 Å². The van der Waals surface area contributed by atoms with Crippen molar-refractivity contribution in [2.24, 2.45) is 0 Å². The van der Waals surface area contributed by atoms with E-state index in [1.54, 1.807) is 18.3 Å². The van der Waals surface area contributed by atoms with E-state index in [-0.39, 0.29) is 4.90 Å². The lowest BCUT2D eigenvalue weighted by atomic mass is 10.1. The smallest absolute Gasteiger partial charge is 0.211 e. The maximum Gasteiger partial charge on any atom is 0.240 e. The van der Waals surface area contributed by atoms with Crippen molar-refractivity contribution < 1.29 is 8.42 Å². The SMILES string of the molecule is Cc1cc(S(=O)(=O)NCCc2cccs2)ccc1C#N. The molecule has 104 valence electrons. The predicted molar refractivity (Wildman–Crippen MR) is 79.1 cm³/mol. The average molecular weight is 306 g/mol. The van der Waals surface area contributed by atoms with Crippen LogP contribution in [0, 0.1) is 18.3 Å². The molecule has 1 aromatic heterocycles. The Morgan fingerprint density at radius 1 is 1.35 bits per heavy atom. The molecule has 0 amide bonds. The summed E-state index contributed by atoms with van der Waals surface area (Å²) in [6, 6.07) is 10.4. The highest BCUT2D eigenvalue weighted by Gasteiger charge is 2.14. The van der Waals surface area contributed by atoms with Gasteiger partial charge in [0, 0.05) is 11.4 Å². The van der Waals surface area contributed by atoms with Crippen molar-refractivity contribution in [1.29, 1.82) is 5.26 Å². The largest absolute Gasteiger partial charge is 0.240 e. The minimum atomic E-state index is -3.52. The Bertz CT molecular complexity index is 729. The van der Waals surface area contributed by atoms with Gasteiger partial charge < -0.3 is 0 Å². The van der Waals surface area contributed by atoms with Gasteiger partial charge in [-0.2, -0.15) is 5.26 Å². The third-order valence-corrected chi connectivity index (χ3v) is 5.27. The minimum absolute atomic E-state index is 0.195. The fourth-order valence-corrected chi connectivity index (χ4v) is 3.60. The first-order chi connectivity index (χ1) is 9.53. The zero-order valence-corrected chi connectivity index (χ0v) is 12.6. The number of hydrogen-bond donors (Lipinski definition) is 1. The number of nitriles is 1. The number of rotatable bonds is 5. The summed E-state index contributed by atoms with van der Waals surface area (Å²) < 4.78 is 26.8.